The Hall–Kier alpha value is -1.70. The number of carbonyl (C=O) groups excluding carboxylic acids is 1. The van der Waals surface area contributed by atoms with Crippen molar-refractivity contribution >= 4 is 28.5 Å². The Bertz CT molecular complexity index is 800. The third kappa shape index (κ3) is 6.00. The standard InChI is InChI=1S/C24H32F3N3OS/c25-24(26,27)17-11-13-19(14-12-17)28-22(31)15-21-16-32-23(29-18-7-3-1-4-8-18)30(21)20-9-5-2-6-10-20/h11-14,18,20-21H,1-10,15-16H2,(H,28,31). The second kappa shape index (κ2) is 10.5. The van der Waals surface area contributed by atoms with Crippen molar-refractivity contribution in [3.8, 4) is 0 Å². The van der Waals surface area contributed by atoms with Gasteiger partial charge in [0.1, 0.15) is 0 Å². The van der Waals surface area contributed by atoms with Gasteiger partial charge >= 0.3 is 6.18 Å². The summed E-state index contributed by atoms with van der Waals surface area (Å²) in [6.07, 6.45) is 8.03. The van der Waals surface area contributed by atoms with Crippen molar-refractivity contribution in [1.29, 1.82) is 0 Å². The van der Waals surface area contributed by atoms with E-state index in [0.29, 0.717) is 24.2 Å². The molecule has 0 radical (unpaired) electrons. The lowest BCUT2D eigenvalue weighted by molar-refractivity contribution is -0.137. The van der Waals surface area contributed by atoms with Gasteiger partial charge in [0.25, 0.3) is 0 Å². The van der Waals surface area contributed by atoms with Gasteiger partial charge in [-0.05, 0) is 49.9 Å². The maximum absolute atomic E-state index is 12.8. The summed E-state index contributed by atoms with van der Waals surface area (Å²) in [6.45, 7) is 0. The zero-order valence-electron chi connectivity index (χ0n) is 18.4. The van der Waals surface area contributed by atoms with Crippen LogP contribution in [0.25, 0.3) is 0 Å². The predicted octanol–water partition coefficient (Wildman–Crippen LogP) is 6.47. The average Bonchev–Trinajstić information content (AvgIpc) is 3.16. The third-order valence-electron chi connectivity index (χ3n) is 6.77. The summed E-state index contributed by atoms with van der Waals surface area (Å²) in [4.78, 5) is 20.3. The molecule has 1 aromatic rings. The predicted molar refractivity (Wildman–Crippen MR) is 124 cm³/mol. The Labute approximate surface area is 192 Å². The number of amidine groups is 1. The quantitative estimate of drug-likeness (QED) is 0.540. The van der Waals surface area contributed by atoms with Gasteiger partial charge in [-0.3, -0.25) is 9.79 Å². The summed E-state index contributed by atoms with van der Waals surface area (Å²) >= 11 is 1.77. The van der Waals surface area contributed by atoms with E-state index in [-0.39, 0.29) is 11.9 Å². The smallest absolute Gasteiger partial charge is 0.344 e. The number of alkyl halides is 3. The van der Waals surface area contributed by atoms with E-state index in [2.05, 4.69) is 10.2 Å². The third-order valence-corrected chi connectivity index (χ3v) is 7.90. The number of hydrogen-bond donors (Lipinski definition) is 1. The number of carbonyl (C=O) groups is 1. The number of amides is 1. The number of aliphatic imine (C=N–C) groups is 1. The van der Waals surface area contributed by atoms with Crippen molar-refractivity contribution in [3.63, 3.8) is 0 Å². The number of nitrogens with zero attached hydrogens (tertiary/aromatic N) is 2. The van der Waals surface area contributed by atoms with Gasteiger partial charge in [0.05, 0.1) is 11.6 Å². The molecule has 4 nitrogen and oxygen atoms in total. The van der Waals surface area contributed by atoms with Gasteiger partial charge in [-0.15, -0.1) is 0 Å². The molecule has 1 aromatic carbocycles. The largest absolute Gasteiger partial charge is 0.416 e. The summed E-state index contributed by atoms with van der Waals surface area (Å²) in [5.74, 6) is 0.678. The van der Waals surface area contributed by atoms with Crippen LogP contribution in [0.4, 0.5) is 18.9 Å². The maximum atomic E-state index is 12.8. The molecule has 1 saturated heterocycles. The van der Waals surface area contributed by atoms with Crippen LogP contribution in [0.2, 0.25) is 0 Å². The molecular formula is C24H32F3N3OS. The molecule has 8 heteroatoms. The highest BCUT2D eigenvalue weighted by atomic mass is 32.2. The summed E-state index contributed by atoms with van der Waals surface area (Å²) in [5, 5.41) is 3.89. The van der Waals surface area contributed by atoms with Crippen LogP contribution >= 0.6 is 11.8 Å². The van der Waals surface area contributed by atoms with Crippen LogP contribution in [0.5, 0.6) is 0 Å². The zero-order chi connectivity index (χ0) is 22.6. The van der Waals surface area contributed by atoms with Crippen LogP contribution < -0.4 is 5.32 Å². The fourth-order valence-electron chi connectivity index (χ4n) is 5.09. The van der Waals surface area contributed by atoms with E-state index in [1.807, 2.05) is 0 Å². The lowest BCUT2D eigenvalue weighted by Crippen LogP contribution is -2.45. The fourth-order valence-corrected chi connectivity index (χ4v) is 6.38. The van der Waals surface area contributed by atoms with Crippen LogP contribution in [-0.4, -0.2) is 39.9 Å². The first kappa shape index (κ1) is 23.5. The highest BCUT2D eigenvalue weighted by Gasteiger charge is 2.37. The van der Waals surface area contributed by atoms with Crippen LogP contribution in [0.3, 0.4) is 0 Å². The highest BCUT2D eigenvalue weighted by molar-refractivity contribution is 8.14. The van der Waals surface area contributed by atoms with Gasteiger partial charge < -0.3 is 10.2 Å². The molecule has 3 fully saturated rings. The number of rotatable bonds is 5. The monoisotopic (exact) mass is 467 g/mol. The van der Waals surface area contributed by atoms with E-state index in [9.17, 15) is 18.0 Å². The number of benzene rings is 1. The van der Waals surface area contributed by atoms with Gasteiger partial charge in [0.15, 0.2) is 5.17 Å². The molecule has 1 unspecified atom stereocenters. The number of anilines is 1. The molecule has 2 saturated carbocycles. The minimum atomic E-state index is -4.38. The average molecular weight is 468 g/mol. The lowest BCUT2D eigenvalue weighted by Gasteiger charge is -2.37. The number of nitrogens with one attached hydrogen (secondary N) is 1. The molecule has 3 aliphatic rings. The van der Waals surface area contributed by atoms with Crippen LogP contribution in [0, 0.1) is 0 Å². The van der Waals surface area contributed by atoms with Crippen molar-refractivity contribution in [2.45, 2.75) is 94.9 Å². The number of halogens is 3. The molecule has 0 spiro atoms. The molecule has 0 bridgehead atoms. The summed E-state index contributed by atoms with van der Waals surface area (Å²) < 4.78 is 38.3. The molecule has 1 atom stereocenters. The Morgan fingerprint density at radius 3 is 2.25 bits per heavy atom. The van der Waals surface area contributed by atoms with Crippen molar-refractivity contribution < 1.29 is 18.0 Å². The van der Waals surface area contributed by atoms with Crippen molar-refractivity contribution in [3.05, 3.63) is 29.8 Å². The summed E-state index contributed by atoms with van der Waals surface area (Å²) in [6, 6.07) is 5.56. The second-order valence-corrected chi connectivity index (χ2v) is 10.2. The first-order chi connectivity index (χ1) is 15.4. The Morgan fingerprint density at radius 1 is 1.00 bits per heavy atom. The normalized spacial score (nSPS) is 24.8. The Morgan fingerprint density at radius 2 is 1.62 bits per heavy atom. The molecule has 0 aromatic heterocycles. The number of hydrogen-bond acceptors (Lipinski definition) is 3. The maximum Gasteiger partial charge on any atom is 0.416 e. The Kier molecular flexibility index (Phi) is 7.69. The Balaban J connectivity index is 1.42. The van der Waals surface area contributed by atoms with E-state index in [0.717, 1.165) is 48.7 Å². The lowest BCUT2D eigenvalue weighted by atomic mass is 9.93. The first-order valence-electron chi connectivity index (χ1n) is 11.9. The molecule has 1 aliphatic heterocycles. The molecule has 4 rings (SSSR count). The summed E-state index contributed by atoms with van der Waals surface area (Å²) in [7, 11) is 0. The van der Waals surface area contributed by atoms with E-state index < -0.39 is 11.7 Å². The topological polar surface area (TPSA) is 44.7 Å². The van der Waals surface area contributed by atoms with Crippen molar-refractivity contribution in [2.24, 2.45) is 4.99 Å². The highest BCUT2D eigenvalue weighted by Crippen LogP contribution is 2.36. The summed E-state index contributed by atoms with van der Waals surface area (Å²) in [5.41, 5.74) is -0.316. The van der Waals surface area contributed by atoms with E-state index in [4.69, 9.17) is 4.99 Å². The molecule has 1 amide bonds. The molecule has 1 N–H and O–H groups in total. The van der Waals surface area contributed by atoms with E-state index in [1.165, 1.54) is 50.7 Å². The minimum Gasteiger partial charge on any atom is -0.344 e. The molecule has 2 aliphatic carbocycles. The molecule has 32 heavy (non-hydrogen) atoms. The molecule has 176 valence electrons. The van der Waals surface area contributed by atoms with Crippen molar-refractivity contribution in [1.82, 2.24) is 4.90 Å². The zero-order valence-corrected chi connectivity index (χ0v) is 19.2. The van der Waals surface area contributed by atoms with Gasteiger partial charge in [-0.25, -0.2) is 0 Å². The first-order valence-corrected chi connectivity index (χ1v) is 12.8. The van der Waals surface area contributed by atoms with Gasteiger partial charge in [-0.1, -0.05) is 50.3 Å². The van der Waals surface area contributed by atoms with Crippen LogP contribution in [0.1, 0.15) is 76.2 Å². The second-order valence-electron chi connectivity index (χ2n) is 9.19. The molecule has 1 heterocycles. The van der Waals surface area contributed by atoms with E-state index in [1.54, 1.807) is 11.8 Å². The van der Waals surface area contributed by atoms with Gasteiger partial charge in [0, 0.05) is 29.9 Å². The van der Waals surface area contributed by atoms with Gasteiger partial charge in [-0.2, -0.15) is 13.2 Å². The van der Waals surface area contributed by atoms with Crippen LogP contribution in [-0.2, 0) is 11.0 Å². The van der Waals surface area contributed by atoms with Gasteiger partial charge in [0.2, 0.25) is 5.91 Å². The van der Waals surface area contributed by atoms with Crippen molar-refractivity contribution in [2.75, 3.05) is 11.1 Å². The number of thioether (sulfide) groups is 1. The minimum absolute atomic E-state index is 0.0832. The van der Waals surface area contributed by atoms with Crippen LogP contribution in [0.15, 0.2) is 29.3 Å². The molecular weight excluding hydrogens is 435 g/mol. The van der Waals surface area contributed by atoms with E-state index >= 15 is 0 Å². The SMILES string of the molecule is O=C(CC1CSC(=NC2CCCCC2)N1C1CCCCC1)Nc1ccc(C(F)(F)F)cc1. The fraction of sp³-hybridized carbons (Fsp3) is 0.667.